The maximum atomic E-state index is 13.6. The first-order chi connectivity index (χ1) is 13.2. The summed E-state index contributed by atoms with van der Waals surface area (Å²) in [7, 11) is 3.21. The molecule has 1 atom stereocenters. The van der Waals surface area contributed by atoms with E-state index in [2.05, 4.69) is 27.0 Å². The van der Waals surface area contributed by atoms with Crippen LogP contribution in [-0.2, 0) is 6.54 Å². The second-order valence-electron chi connectivity index (χ2n) is 7.46. The molecule has 152 valence electrons. The van der Waals surface area contributed by atoms with Gasteiger partial charge in [-0.15, -0.1) is 12.4 Å². The first kappa shape index (κ1) is 21.0. The fourth-order valence-corrected chi connectivity index (χ4v) is 4.92. The number of rotatable bonds is 6. The van der Waals surface area contributed by atoms with E-state index in [-0.39, 0.29) is 23.7 Å². The van der Waals surface area contributed by atoms with Crippen LogP contribution in [0.2, 0.25) is 0 Å². The third kappa shape index (κ3) is 4.00. The Balaban J connectivity index is 0.00000225. The molecule has 2 aromatic rings. The van der Waals surface area contributed by atoms with Crippen molar-refractivity contribution >= 4 is 29.7 Å². The number of halogens is 1. The molecule has 1 aliphatic carbocycles. The summed E-state index contributed by atoms with van der Waals surface area (Å²) in [5.74, 6) is 1.30. The van der Waals surface area contributed by atoms with Gasteiger partial charge in [0, 0.05) is 18.7 Å². The van der Waals surface area contributed by atoms with Crippen LogP contribution in [0.15, 0.2) is 35.0 Å². The zero-order valence-electron chi connectivity index (χ0n) is 16.3. The van der Waals surface area contributed by atoms with Crippen LogP contribution in [0.3, 0.4) is 0 Å². The van der Waals surface area contributed by atoms with Crippen LogP contribution < -0.4 is 14.8 Å². The number of carbonyl (C=O) groups excluding carboxylic acids is 1. The largest absolute Gasteiger partial charge is 0.497 e. The molecule has 1 saturated heterocycles. The normalized spacial score (nSPS) is 19.6. The number of nitrogens with zero attached hydrogens (tertiary/aromatic N) is 1. The second kappa shape index (κ2) is 8.72. The third-order valence-electron chi connectivity index (χ3n) is 5.96. The summed E-state index contributed by atoms with van der Waals surface area (Å²) >= 11 is 1.67. The van der Waals surface area contributed by atoms with Crippen LogP contribution in [0.4, 0.5) is 0 Å². The van der Waals surface area contributed by atoms with Crippen LogP contribution in [-0.4, -0.2) is 44.2 Å². The van der Waals surface area contributed by atoms with Crippen molar-refractivity contribution in [3.63, 3.8) is 0 Å². The number of thiophene rings is 1. The first-order valence-electron chi connectivity index (χ1n) is 9.42. The van der Waals surface area contributed by atoms with E-state index in [0.29, 0.717) is 29.6 Å². The van der Waals surface area contributed by atoms with Crippen LogP contribution in [0.5, 0.6) is 11.5 Å². The maximum absolute atomic E-state index is 13.6. The number of piperidine rings is 1. The molecular weight excluding hydrogens is 396 g/mol. The van der Waals surface area contributed by atoms with E-state index in [0.717, 1.165) is 32.4 Å². The van der Waals surface area contributed by atoms with Crippen molar-refractivity contribution in [1.82, 2.24) is 10.2 Å². The highest BCUT2D eigenvalue weighted by molar-refractivity contribution is 7.07. The molecule has 4 rings (SSSR count). The number of methoxy groups -OCH3 is 2. The van der Waals surface area contributed by atoms with Crippen molar-refractivity contribution in [2.24, 2.45) is 5.41 Å². The van der Waals surface area contributed by atoms with Gasteiger partial charge < -0.3 is 19.7 Å². The van der Waals surface area contributed by atoms with E-state index in [1.165, 1.54) is 5.56 Å². The van der Waals surface area contributed by atoms with Gasteiger partial charge in [0.05, 0.1) is 19.8 Å². The lowest BCUT2D eigenvalue weighted by Crippen LogP contribution is -2.39. The maximum Gasteiger partial charge on any atom is 0.258 e. The molecule has 1 saturated carbocycles. The molecule has 1 spiro atoms. The standard InChI is InChI=1S/C21H26N2O3S.ClH/c1-25-16-3-4-17(18(11-16)26-2)20(24)23(13-15-5-10-27-14-15)19-12-21(19)6-8-22-9-7-21;/h3-5,10-11,14,19,22H,6-9,12-13H2,1-2H3;1H. The summed E-state index contributed by atoms with van der Waals surface area (Å²) < 4.78 is 10.8. The molecule has 0 radical (unpaired) electrons. The molecule has 2 fully saturated rings. The number of ether oxygens (including phenoxy) is 2. The molecule has 1 amide bonds. The minimum atomic E-state index is 0. The van der Waals surface area contributed by atoms with Crippen LogP contribution in [0, 0.1) is 5.41 Å². The third-order valence-corrected chi connectivity index (χ3v) is 6.69. The monoisotopic (exact) mass is 422 g/mol. The Kier molecular flexibility index (Phi) is 6.53. The molecule has 1 unspecified atom stereocenters. The highest BCUT2D eigenvalue weighted by Crippen LogP contribution is 2.56. The number of carbonyl (C=O) groups is 1. The average molecular weight is 423 g/mol. The summed E-state index contributed by atoms with van der Waals surface area (Å²) in [6.07, 6.45) is 3.39. The van der Waals surface area contributed by atoms with Gasteiger partial charge in [0.15, 0.2) is 0 Å². The number of hydrogen-bond donors (Lipinski definition) is 1. The number of benzene rings is 1. The molecular formula is C21H27ClN2O3S. The molecule has 2 heterocycles. The van der Waals surface area contributed by atoms with Gasteiger partial charge in [-0.05, 0) is 72.3 Å². The summed E-state index contributed by atoms with van der Waals surface area (Å²) in [6.45, 7) is 2.74. The van der Waals surface area contributed by atoms with E-state index in [4.69, 9.17) is 9.47 Å². The van der Waals surface area contributed by atoms with Gasteiger partial charge in [0.25, 0.3) is 5.91 Å². The van der Waals surface area contributed by atoms with Gasteiger partial charge >= 0.3 is 0 Å². The van der Waals surface area contributed by atoms with Gasteiger partial charge in [0.2, 0.25) is 0 Å². The number of hydrogen-bond acceptors (Lipinski definition) is 5. The van der Waals surface area contributed by atoms with E-state index in [1.54, 1.807) is 31.6 Å². The highest BCUT2D eigenvalue weighted by atomic mass is 35.5. The summed E-state index contributed by atoms with van der Waals surface area (Å²) in [4.78, 5) is 15.6. The van der Waals surface area contributed by atoms with Crippen molar-refractivity contribution in [3.05, 3.63) is 46.2 Å². The van der Waals surface area contributed by atoms with Gasteiger partial charge in [-0.2, -0.15) is 11.3 Å². The second-order valence-corrected chi connectivity index (χ2v) is 8.24. The van der Waals surface area contributed by atoms with Gasteiger partial charge in [-0.1, -0.05) is 0 Å². The number of amides is 1. The molecule has 1 N–H and O–H groups in total. The molecule has 1 aliphatic heterocycles. The molecule has 7 heteroatoms. The topological polar surface area (TPSA) is 50.8 Å². The lowest BCUT2D eigenvalue weighted by molar-refractivity contribution is 0.0689. The predicted molar refractivity (Wildman–Crippen MR) is 114 cm³/mol. The van der Waals surface area contributed by atoms with E-state index >= 15 is 0 Å². The quantitative estimate of drug-likeness (QED) is 0.765. The lowest BCUT2D eigenvalue weighted by Gasteiger charge is -2.30. The molecule has 1 aromatic carbocycles. The Morgan fingerprint density at radius 2 is 2.04 bits per heavy atom. The first-order valence-corrected chi connectivity index (χ1v) is 10.4. The molecule has 5 nitrogen and oxygen atoms in total. The number of nitrogens with one attached hydrogen (secondary N) is 1. The van der Waals surface area contributed by atoms with Crippen molar-refractivity contribution in [3.8, 4) is 11.5 Å². The average Bonchev–Trinajstić information content (AvgIpc) is 3.14. The molecule has 2 aliphatic rings. The molecule has 0 bridgehead atoms. The van der Waals surface area contributed by atoms with E-state index in [9.17, 15) is 4.79 Å². The van der Waals surface area contributed by atoms with E-state index < -0.39 is 0 Å². The Bertz CT molecular complexity index is 806. The molecule has 1 aromatic heterocycles. The SMILES string of the molecule is COc1ccc(C(=O)N(Cc2ccsc2)C2CC23CCNCC3)c(OC)c1.Cl. The summed E-state index contributed by atoms with van der Waals surface area (Å²) in [6, 6.07) is 7.83. The van der Waals surface area contributed by atoms with Crippen molar-refractivity contribution in [2.75, 3.05) is 27.3 Å². The fourth-order valence-electron chi connectivity index (χ4n) is 4.26. The fraction of sp³-hybridized carbons (Fsp3) is 0.476. The van der Waals surface area contributed by atoms with Gasteiger partial charge in [-0.3, -0.25) is 4.79 Å². The van der Waals surface area contributed by atoms with Crippen molar-refractivity contribution in [1.29, 1.82) is 0 Å². The van der Waals surface area contributed by atoms with Crippen LogP contribution in [0.25, 0.3) is 0 Å². The van der Waals surface area contributed by atoms with Crippen LogP contribution in [0.1, 0.15) is 35.2 Å². The van der Waals surface area contributed by atoms with E-state index in [1.807, 2.05) is 12.1 Å². The Morgan fingerprint density at radius 1 is 1.25 bits per heavy atom. The zero-order chi connectivity index (χ0) is 18.9. The minimum absolute atomic E-state index is 0. The Morgan fingerprint density at radius 3 is 2.68 bits per heavy atom. The van der Waals surface area contributed by atoms with Crippen molar-refractivity contribution < 1.29 is 14.3 Å². The highest BCUT2D eigenvalue weighted by Gasteiger charge is 2.57. The zero-order valence-corrected chi connectivity index (χ0v) is 17.9. The van der Waals surface area contributed by atoms with Gasteiger partial charge in [-0.25, -0.2) is 0 Å². The van der Waals surface area contributed by atoms with Crippen molar-refractivity contribution in [2.45, 2.75) is 31.8 Å². The minimum Gasteiger partial charge on any atom is -0.497 e. The van der Waals surface area contributed by atoms with Crippen LogP contribution >= 0.6 is 23.7 Å². The predicted octanol–water partition coefficient (Wildman–Crippen LogP) is 3.97. The summed E-state index contributed by atoms with van der Waals surface area (Å²) in [5.41, 5.74) is 2.08. The molecule has 28 heavy (non-hydrogen) atoms. The van der Waals surface area contributed by atoms with Gasteiger partial charge in [0.1, 0.15) is 11.5 Å². The lowest BCUT2D eigenvalue weighted by atomic mass is 9.93. The smallest absolute Gasteiger partial charge is 0.258 e. The Labute approximate surface area is 176 Å². The Hall–Kier alpha value is -1.76. The summed E-state index contributed by atoms with van der Waals surface area (Å²) in [5, 5.41) is 7.64.